The van der Waals surface area contributed by atoms with Gasteiger partial charge in [0.1, 0.15) is 0 Å². The molecule has 0 spiro atoms. The molecule has 3 heteroatoms. The highest BCUT2D eigenvalue weighted by molar-refractivity contribution is 5.20. The highest BCUT2D eigenvalue weighted by Gasteiger charge is 2.52. The Balaban J connectivity index is 2.25. The molecule has 0 saturated heterocycles. The molecule has 18 heavy (non-hydrogen) atoms. The standard InChI is InChI=1S/C15H26O3/c1-9-11-7-10(14(2,3)18)5-6-15(11,4)13(17)8-12(9)16/h10-13,16-18H,1,5-8H2,2-4H3. The van der Waals surface area contributed by atoms with Gasteiger partial charge >= 0.3 is 0 Å². The van der Waals surface area contributed by atoms with Crippen molar-refractivity contribution in [1.82, 2.24) is 0 Å². The molecular weight excluding hydrogens is 228 g/mol. The zero-order chi connectivity index (χ0) is 13.7. The fraction of sp³-hybridized carbons (Fsp3) is 0.867. The Morgan fingerprint density at radius 3 is 2.44 bits per heavy atom. The van der Waals surface area contributed by atoms with E-state index in [1.54, 1.807) is 0 Å². The van der Waals surface area contributed by atoms with Gasteiger partial charge in [-0.05, 0) is 50.5 Å². The summed E-state index contributed by atoms with van der Waals surface area (Å²) in [5.41, 5.74) is -0.0377. The van der Waals surface area contributed by atoms with Crippen LogP contribution in [0.15, 0.2) is 12.2 Å². The molecule has 0 aromatic heterocycles. The van der Waals surface area contributed by atoms with Crippen LogP contribution in [0.5, 0.6) is 0 Å². The first-order valence-electron chi connectivity index (χ1n) is 6.93. The largest absolute Gasteiger partial charge is 0.392 e. The Labute approximate surface area is 110 Å². The second kappa shape index (κ2) is 4.32. The molecule has 2 aliphatic rings. The smallest absolute Gasteiger partial charge is 0.0775 e. The molecule has 0 aliphatic heterocycles. The van der Waals surface area contributed by atoms with Gasteiger partial charge in [0.2, 0.25) is 0 Å². The van der Waals surface area contributed by atoms with Crippen LogP contribution in [-0.2, 0) is 0 Å². The molecule has 0 aromatic rings. The van der Waals surface area contributed by atoms with Crippen LogP contribution in [0.3, 0.4) is 0 Å². The lowest BCUT2D eigenvalue weighted by Crippen LogP contribution is -2.53. The van der Waals surface area contributed by atoms with Crippen LogP contribution >= 0.6 is 0 Å². The molecule has 3 nitrogen and oxygen atoms in total. The van der Waals surface area contributed by atoms with E-state index in [4.69, 9.17) is 0 Å². The first-order valence-corrected chi connectivity index (χ1v) is 6.93. The van der Waals surface area contributed by atoms with Gasteiger partial charge in [-0.15, -0.1) is 0 Å². The van der Waals surface area contributed by atoms with Crippen LogP contribution in [0.1, 0.15) is 46.5 Å². The molecule has 0 radical (unpaired) electrons. The van der Waals surface area contributed by atoms with Crippen molar-refractivity contribution < 1.29 is 15.3 Å². The lowest BCUT2D eigenvalue weighted by atomic mass is 9.53. The van der Waals surface area contributed by atoms with Gasteiger partial charge in [0.25, 0.3) is 0 Å². The van der Waals surface area contributed by atoms with E-state index in [1.807, 2.05) is 13.8 Å². The van der Waals surface area contributed by atoms with E-state index < -0.39 is 17.8 Å². The third-order valence-corrected chi connectivity index (χ3v) is 5.43. The molecule has 0 aromatic carbocycles. The zero-order valence-corrected chi connectivity index (χ0v) is 11.7. The van der Waals surface area contributed by atoms with Gasteiger partial charge in [-0.1, -0.05) is 13.5 Å². The third kappa shape index (κ3) is 2.13. The molecule has 0 heterocycles. The number of fused-ring (bicyclic) bond motifs is 1. The summed E-state index contributed by atoms with van der Waals surface area (Å²) in [6.07, 6.45) is 1.96. The first kappa shape index (κ1) is 14.0. The number of hydrogen-bond acceptors (Lipinski definition) is 3. The quantitative estimate of drug-likeness (QED) is 0.626. The van der Waals surface area contributed by atoms with Gasteiger partial charge < -0.3 is 15.3 Å². The molecule has 3 N–H and O–H groups in total. The van der Waals surface area contributed by atoms with Gasteiger partial charge in [-0.2, -0.15) is 0 Å². The highest BCUT2D eigenvalue weighted by atomic mass is 16.3. The lowest BCUT2D eigenvalue weighted by molar-refractivity contribution is -0.107. The lowest BCUT2D eigenvalue weighted by Gasteiger charge is -2.54. The monoisotopic (exact) mass is 254 g/mol. The number of rotatable bonds is 1. The van der Waals surface area contributed by atoms with Crippen LogP contribution in [0, 0.1) is 17.3 Å². The summed E-state index contributed by atoms with van der Waals surface area (Å²) in [6.45, 7) is 9.82. The van der Waals surface area contributed by atoms with E-state index >= 15 is 0 Å². The maximum atomic E-state index is 10.3. The van der Waals surface area contributed by atoms with Crippen molar-refractivity contribution in [2.45, 2.75) is 64.3 Å². The molecule has 104 valence electrons. The van der Waals surface area contributed by atoms with Gasteiger partial charge in [0, 0.05) is 11.8 Å². The van der Waals surface area contributed by atoms with E-state index in [2.05, 4.69) is 13.5 Å². The molecule has 2 fully saturated rings. The Hall–Kier alpha value is -0.380. The fourth-order valence-corrected chi connectivity index (χ4v) is 3.81. The SMILES string of the molecule is C=C1C(O)CC(O)C2(C)CCC(C(C)(C)O)CC12. The maximum absolute atomic E-state index is 10.3. The number of hydrogen-bond donors (Lipinski definition) is 3. The molecular formula is C15H26O3. The van der Waals surface area contributed by atoms with Gasteiger partial charge in [0.05, 0.1) is 17.8 Å². The molecule has 2 rings (SSSR count). The summed E-state index contributed by atoms with van der Waals surface area (Å²) >= 11 is 0. The van der Waals surface area contributed by atoms with Gasteiger partial charge in [-0.3, -0.25) is 0 Å². The van der Waals surface area contributed by atoms with Crippen LogP contribution in [-0.4, -0.2) is 33.1 Å². The van der Waals surface area contributed by atoms with Crippen molar-refractivity contribution in [3.63, 3.8) is 0 Å². The first-order chi connectivity index (χ1) is 8.16. The number of aliphatic hydroxyl groups excluding tert-OH is 2. The van der Waals surface area contributed by atoms with E-state index in [0.29, 0.717) is 6.42 Å². The summed E-state index contributed by atoms with van der Waals surface area (Å²) in [6, 6.07) is 0. The van der Waals surface area contributed by atoms with Crippen molar-refractivity contribution in [2.75, 3.05) is 0 Å². The summed E-state index contributed by atoms with van der Waals surface area (Å²) in [5.74, 6) is 0.325. The molecule has 2 aliphatic carbocycles. The van der Waals surface area contributed by atoms with E-state index in [0.717, 1.165) is 24.8 Å². The summed E-state index contributed by atoms with van der Waals surface area (Å²) in [4.78, 5) is 0. The van der Waals surface area contributed by atoms with Crippen molar-refractivity contribution in [2.24, 2.45) is 17.3 Å². The summed E-state index contributed by atoms with van der Waals surface area (Å²) < 4.78 is 0. The fourth-order valence-electron chi connectivity index (χ4n) is 3.81. The van der Waals surface area contributed by atoms with Gasteiger partial charge in [-0.25, -0.2) is 0 Å². The van der Waals surface area contributed by atoms with Crippen molar-refractivity contribution in [3.8, 4) is 0 Å². The minimum absolute atomic E-state index is 0.112. The average molecular weight is 254 g/mol. The Morgan fingerprint density at radius 1 is 1.28 bits per heavy atom. The van der Waals surface area contributed by atoms with Crippen LogP contribution in [0.2, 0.25) is 0 Å². The molecule has 0 bridgehead atoms. The van der Waals surface area contributed by atoms with Crippen molar-refractivity contribution in [1.29, 1.82) is 0 Å². The Bertz CT molecular complexity index is 344. The van der Waals surface area contributed by atoms with Crippen LogP contribution in [0.4, 0.5) is 0 Å². The topological polar surface area (TPSA) is 60.7 Å². The van der Waals surface area contributed by atoms with Crippen LogP contribution < -0.4 is 0 Å². The second-order valence-corrected chi connectivity index (χ2v) is 7.03. The van der Waals surface area contributed by atoms with Crippen molar-refractivity contribution >= 4 is 0 Å². The average Bonchev–Trinajstić information content (AvgIpc) is 2.25. The minimum Gasteiger partial charge on any atom is -0.392 e. The molecule has 5 unspecified atom stereocenters. The second-order valence-electron chi connectivity index (χ2n) is 7.03. The minimum atomic E-state index is -0.699. The number of aliphatic hydroxyl groups is 3. The Morgan fingerprint density at radius 2 is 1.89 bits per heavy atom. The molecule has 5 atom stereocenters. The Kier molecular flexibility index (Phi) is 3.37. The summed E-state index contributed by atoms with van der Waals surface area (Å²) in [7, 11) is 0. The molecule has 2 saturated carbocycles. The van der Waals surface area contributed by atoms with E-state index in [9.17, 15) is 15.3 Å². The normalized spacial score (nSPS) is 45.8. The zero-order valence-electron chi connectivity index (χ0n) is 11.7. The molecule has 0 amide bonds. The van der Waals surface area contributed by atoms with E-state index in [-0.39, 0.29) is 17.3 Å². The predicted molar refractivity (Wildman–Crippen MR) is 71.0 cm³/mol. The van der Waals surface area contributed by atoms with Crippen LogP contribution in [0.25, 0.3) is 0 Å². The summed E-state index contributed by atoms with van der Waals surface area (Å²) in [5, 5.41) is 30.4. The maximum Gasteiger partial charge on any atom is 0.0775 e. The third-order valence-electron chi connectivity index (χ3n) is 5.43. The van der Waals surface area contributed by atoms with E-state index in [1.165, 1.54) is 0 Å². The predicted octanol–water partition coefficient (Wildman–Crippen LogP) is 1.86. The van der Waals surface area contributed by atoms with Gasteiger partial charge in [0.15, 0.2) is 0 Å². The van der Waals surface area contributed by atoms with Crippen molar-refractivity contribution in [3.05, 3.63) is 12.2 Å². The highest BCUT2D eigenvalue weighted by Crippen LogP contribution is 2.54.